The van der Waals surface area contributed by atoms with Crippen molar-refractivity contribution in [2.45, 2.75) is 19.3 Å². The van der Waals surface area contributed by atoms with Gasteiger partial charge in [-0.25, -0.2) is 5.43 Å². The number of rotatable bonds is 3. The first-order valence-electron chi connectivity index (χ1n) is 5.34. The van der Waals surface area contributed by atoms with E-state index in [2.05, 4.69) is 26.5 Å². The molecule has 3 nitrogen and oxygen atoms in total. The van der Waals surface area contributed by atoms with Gasteiger partial charge < -0.3 is 0 Å². The van der Waals surface area contributed by atoms with E-state index in [9.17, 15) is 4.79 Å². The molecule has 4 heteroatoms. The standard InChI is InChI=1S/C12H13BrN2O/c13-11-6-1-3-9(7-11)8-14-15-12(16)10-4-2-5-10/h1,3,6-8,10H,2,4-5H2,(H,15,16)/b14-8-. The number of nitrogens with zero attached hydrogens (tertiary/aromatic N) is 1. The summed E-state index contributed by atoms with van der Waals surface area (Å²) in [6.07, 6.45) is 4.81. The van der Waals surface area contributed by atoms with Crippen molar-refractivity contribution in [2.24, 2.45) is 11.0 Å². The first-order valence-corrected chi connectivity index (χ1v) is 6.13. The molecule has 0 radical (unpaired) electrons. The third-order valence-electron chi connectivity index (χ3n) is 2.71. The van der Waals surface area contributed by atoms with E-state index in [0.29, 0.717) is 0 Å². The van der Waals surface area contributed by atoms with Crippen molar-refractivity contribution < 1.29 is 4.79 Å². The summed E-state index contributed by atoms with van der Waals surface area (Å²) in [6, 6.07) is 7.76. The summed E-state index contributed by atoms with van der Waals surface area (Å²) in [5.74, 6) is 0.220. The zero-order valence-corrected chi connectivity index (χ0v) is 10.4. The van der Waals surface area contributed by atoms with E-state index in [0.717, 1.165) is 29.3 Å². The van der Waals surface area contributed by atoms with E-state index in [1.807, 2.05) is 24.3 Å². The highest BCUT2D eigenvalue weighted by atomic mass is 79.9. The van der Waals surface area contributed by atoms with Crippen molar-refractivity contribution >= 4 is 28.1 Å². The van der Waals surface area contributed by atoms with Gasteiger partial charge >= 0.3 is 0 Å². The number of nitrogens with one attached hydrogen (secondary N) is 1. The van der Waals surface area contributed by atoms with Crippen LogP contribution in [0.25, 0.3) is 0 Å². The van der Waals surface area contributed by atoms with Crippen LogP contribution in [0.1, 0.15) is 24.8 Å². The molecule has 1 aromatic carbocycles. The fourth-order valence-electron chi connectivity index (χ4n) is 1.52. The van der Waals surface area contributed by atoms with Crippen LogP contribution < -0.4 is 5.43 Å². The van der Waals surface area contributed by atoms with Crippen LogP contribution >= 0.6 is 15.9 Å². The van der Waals surface area contributed by atoms with Gasteiger partial charge in [0.15, 0.2) is 0 Å². The number of benzene rings is 1. The van der Waals surface area contributed by atoms with Crippen LogP contribution in [0.2, 0.25) is 0 Å². The van der Waals surface area contributed by atoms with Crippen molar-refractivity contribution in [3.8, 4) is 0 Å². The molecule has 0 bridgehead atoms. The fourth-order valence-corrected chi connectivity index (χ4v) is 1.94. The lowest BCUT2D eigenvalue weighted by atomic mass is 9.85. The monoisotopic (exact) mass is 280 g/mol. The lowest BCUT2D eigenvalue weighted by molar-refractivity contribution is -0.127. The topological polar surface area (TPSA) is 41.5 Å². The zero-order valence-electron chi connectivity index (χ0n) is 8.82. The number of hydrogen-bond acceptors (Lipinski definition) is 2. The smallest absolute Gasteiger partial charge is 0.243 e. The summed E-state index contributed by atoms with van der Waals surface area (Å²) >= 11 is 3.38. The second-order valence-corrected chi connectivity index (χ2v) is 4.83. The van der Waals surface area contributed by atoms with Crippen LogP contribution in [0.5, 0.6) is 0 Å². The second-order valence-electron chi connectivity index (χ2n) is 3.92. The number of hydrogen-bond donors (Lipinski definition) is 1. The van der Waals surface area contributed by atoms with E-state index < -0.39 is 0 Å². The van der Waals surface area contributed by atoms with Gasteiger partial charge in [-0.2, -0.15) is 5.10 Å². The maximum Gasteiger partial charge on any atom is 0.243 e. The Hall–Kier alpha value is -1.16. The van der Waals surface area contributed by atoms with Crippen molar-refractivity contribution in [3.05, 3.63) is 34.3 Å². The van der Waals surface area contributed by atoms with Crippen LogP contribution in [-0.2, 0) is 4.79 Å². The molecule has 1 saturated carbocycles. The Morgan fingerprint density at radius 3 is 2.94 bits per heavy atom. The van der Waals surface area contributed by atoms with Crippen molar-refractivity contribution in [1.82, 2.24) is 5.43 Å². The number of carbonyl (C=O) groups excluding carboxylic acids is 1. The van der Waals surface area contributed by atoms with E-state index in [-0.39, 0.29) is 11.8 Å². The van der Waals surface area contributed by atoms with E-state index >= 15 is 0 Å². The highest BCUT2D eigenvalue weighted by Crippen LogP contribution is 2.26. The highest BCUT2D eigenvalue weighted by molar-refractivity contribution is 9.10. The zero-order chi connectivity index (χ0) is 11.4. The Bertz CT molecular complexity index is 413. The SMILES string of the molecule is O=C(N/N=C\c1cccc(Br)c1)C1CCC1. The van der Waals surface area contributed by atoms with Crippen LogP contribution in [-0.4, -0.2) is 12.1 Å². The van der Waals surface area contributed by atoms with E-state index in [4.69, 9.17) is 0 Å². The van der Waals surface area contributed by atoms with Gasteiger partial charge in [0, 0.05) is 10.4 Å². The minimum absolute atomic E-state index is 0.0393. The van der Waals surface area contributed by atoms with Gasteiger partial charge in [0.2, 0.25) is 5.91 Å². The fraction of sp³-hybridized carbons (Fsp3) is 0.333. The van der Waals surface area contributed by atoms with Crippen molar-refractivity contribution in [2.75, 3.05) is 0 Å². The van der Waals surface area contributed by atoms with E-state index in [1.165, 1.54) is 0 Å². The van der Waals surface area contributed by atoms with Crippen molar-refractivity contribution in [3.63, 3.8) is 0 Å². The molecule has 84 valence electrons. The maximum absolute atomic E-state index is 11.4. The second kappa shape index (κ2) is 5.25. The molecule has 0 aromatic heterocycles. The molecule has 1 aromatic rings. The lowest BCUT2D eigenvalue weighted by Gasteiger charge is -2.22. The Labute approximate surface area is 103 Å². The molecule has 0 aliphatic heterocycles. The summed E-state index contributed by atoms with van der Waals surface area (Å²) in [6.45, 7) is 0. The minimum Gasteiger partial charge on any atom is -0.273 e. The molecule has 1 amide bonds. The molecule has 0 saturated heterocycles. The number of carbonyl (C=O) groups is 1. The molecule has 1 aliphatic rings. The normalized spacial score (nSPS) is 16.1. The van der Waals surface area contributed by atoms with Gasteiger partial charge in [-0.3, -0.25) is 4.79 Å². The average Bonchev–Trinajstić information content (AvgIpc) is 2.15. The van der Waals surface area contributed by atoms with Gasteiger partial charge in [-0.15, -0.1) is 0 Å². The van der Waals surface area contributed by atoms with Gasteiger partial charge in [-0.05, 0) is 30.5 Å². The Morgan fingerprint density at radius 2 is 2.31 bits per heavy atom. The Kier molecular flexibility index (Phi) is 3.72. The Balaban J connectivity index is 1.87. The van der Waals surface area contributed by atoms with Crippen LogP contribution in [0.4, 0.5) is 0 Å². The summed E-state index contributed by atoms with van der Waals surface area (Å²) in [7, 11) is 0. The molecular formula is C12H13BrN2O. The predicted octanol–water partition coefficient (Wildman–Crippen LogP) is 2.70. The van der Waals surface area contributed by atoms with Crippen LogP contribution in [0.3, 0.4) is 0 Å². The summed E-state index contributed by atoms with van der Waals surface area (Å²) in [5.41, 5.74) is 3.53. The summed E-state index contributed by atoms with van der Waals surface area (Å²) in [4.78, 5) is 11.4. The molecule has 0 heterocycles. The highest BCUT2D eigenvalue weighted by Gasteiger charge is 2.24. The molecule has 16 heavy (non-hydrogen) atoms. The Morgan fingerprint density at radius 1 is 1.50 bits per heavy atom. The molecule has 2 rings (SSSR count). The number of amides is 1. The van der Waals surface area contributed by atoms with Gasteiger partial charge in [0.05, 0.1) is 6.21 Å². The molecule has 0 spiro atoms. The summed E-state index contributed by atoms with van der Waals surface area (Å²) in [5, 5.41) is 3.94. The van der Waals surface area contributed by atoms with Crippen LogP contribution in [0, 0.1) is 5.92 Å². The van der Waals surface area contributed by atoms with E-state index in [1.54, 1.807) is 6.21 Å². The molecule has 1 N–H and O–H groups in total. The first kappa shape index (κ1) is 11.3. The molecular weight excluding hydrogens is 268 g/mol. The summed E-state index contributed by atoms with van der Waals surface area (Å²) < 4.78 is 1.00. The molecule has 1 aliphatic carbocycles. The average molecular weight is 281 g/mol. The quantitative estimate of drug-likeness (QED) is 0.671. The lowest BCUT2D eigenvalue weighted by Crippen LogP contribution is -2.31. The predicted molar refractivity (Wildman–Crippen MR) is 67.2 cm³/mol. The molecule has 0 unspecified atom stereocenters. The third kappa shape index (κ3) is 2.92. The minimum atomic E-state index is 0.0393. The molecule has 1 fully saturated rings. The van der Waals surface area contributed by atoms with Gasteiger partial charge in [-0.1, -0.05) is 34.5 Å². The van der Waals surface area contributed by atoms with Gasteiger partial charge in [0.25, 0.3) is 0 Å². The largest absolute Gasteiger partial charge is 0.273 e. The van der Waals surface area contributed by atoms with Crippen molar-refractivity contribution in [1.29, 1.82) is 0 Å². The maximum atomic E-state index is 11.4. The number of hydrazone groups is 1. The molecule has 0 atom stereocenters. The number of halogens is 1. The van der Waals surface area contributed by atoms with Gasteiger partial charge in [0.1, 0.15) is 0 Å². The third-order valence-corrected chi connectivity index (χ3v) is 3.21. The van der Waals surface area contributed by atoms with Crippen LogP contribution in [0.15, 0.2) is 33.8 Å². The first-order chi connectivity index (χ1) is 7.75.